The summed E-state index contributed by atoms with van der Waals surface area (Å²) in [7, 11) is 0. The lowest BCUT2D eigenvalue weighted by molar-refractivity contribution is 0.635. The summed E-state index contributed by atoms with van der Waals surface area (Å²) < 4.78 is 1.78. The van der Waals surface area contributed by atoms with Crippen LogP contribution in [0.5, 0.6) is 0 Å². The molecular weight excluding hydrogens is 232 g/mol. The van der Waals surface area contributed by atoms with Gasteiger partial charge in [-0.2, -0.15) is 4.68 Å². The average Bonchev–Trinajstić information content (AvgIpc) is 2.85. The summed E-state index contributed by atoms with van der Waals surface area (Å²) in [5, 5.41) is 12.7. The molecule has 2 rings (SSSR count). The molecule has 0 radical (unpaired) electrons. The maximum atomic E-state index is 4.06. The molecule has 4 nitrogen and oxygen atoms in total. The molecule has 0 spiro atoms. The highest BCUT2D eigenvalue weighted by atomic mass is 32.2. The maximum absolute atomic E-state index is 4.06. The summed E-state index contributed by atoms with van der Waals surface area (Å²) in [4.78, 5) is 0. The molecule has 1 heterocycles. The van der Waals surface area contributed by atoms with Crippen LogP contribution in [-0.4, -0.2) is 26.0 Å². The van der Waals surface area contributed by atoms with Crippen molar-refractivity contribution in [3.05, 3.63) is 30.3 Å². The van der Waals surface area contributed by atoms with Gasteiger partial charge in [0.25, 0.3) is 0 Å². The van der Waals surface area contributed by atoms with Gasteiger partial charge in [-0.3, -0.25) is 0 Å². The fourth-order valence-electron chi connectivity index (χ4n) is 1.33. The van der Waals surface area contributed by atoms with E-state index in [1.807, 2.05) is 30.3 Å². The van der Waals surface area contributed by atoms with Crippen molar-refractivity contribution in [3.63, 3.8) is 0 Å². The fraction of sp³-hybridized carbons (Fsp3) is 0.417. The first-order valence-electron chi connectivity index (χ1n) is 5.78. The number of benzene rings is 1. The second kappa shape index (κ2) is 5.82. The van der Waals surface area contributed by atoms with Crippen molar-refractivity contribution in [1.29, 1.82) is 0 Å². The van der Waals surface area contributed by atoms with Crippen LogP contribution in [0.25, 0.3) is 5.69 Å². The Labute approximate surface area is 105 Å². The highest BCUT2D eigenvalue weighted by Crippen LogP contribution is 2.21. The SMILES string of the molecule is CC[C@H](C)CSc1nnnn1-c1ccccc1. The summed E-state index contributed by atoms with van der Waals surface area (Å²) in [6.45, 7) is 4.44. The van der Waals surface area contributed by atoms with Crippen molar-refractivity contribution in [2.45, 2.75) is 25.4 Å². The van der Waals surface area contributed by atoms with Gasteiger partial charge in [-0.1, -0.05) is 50.2 Å². The van der Waals surface area contributed by atoms with Crippen LogP contribution < -0.4 is 0 Å². The van der Waals surface area contributed by atoms with Crippen LogP contribution in [-0.2, 0) is 0 Å². The molecule has 0 fully saturated rings. The third-order valence-electron chi connectivity index (χ3n) is 2.64. The number of aromatic nitrogens is 4. The molecule has 90 valence electrons. The predicted octanol–water partition coefficient (Wildman–Crippen LogP) is 2.80. The molecule has 0 bridgehead atoms. The predicted molar refractivity (Wildman–Crippen MR) is 69.3 cm³/mol. The number of tetrazole rings is 1. The van der Waals surface area contributed by atoms with E-state index in [9.17, 15) is 0 Å². The maximum Gasteiger partial charge on any atom is 0.214 e. The van der Waals surface area contributed by atoms with Crippen LogP contribution in [0.15, 0.2) is 35.5 Å². The van der Waals surface area contributed by atoms with Crippen molar-refractivity contribution in [1.82, 2.24) is 20.2 Å². The van der Waals surface area contributed by atoms with E-state index in [1.165, 1.54) is 6.42 Å². The number of para-hydroxylation sites is 1. The molecule has 0 unspecified atom stereocenters. The highest BCUT2D eigenvalue weighted by molar-refractivity contribution is 7.99. The topological polar surface area (TPSA) is 43.6 Å². The molecule has 2 aromatic rings. The minimum atomic E-state index is 0.681. The van der Waals surface area contributed by atoms with Crippen LogP contribution in [0.3, 0.4) is 0 Å². The molecule has 0 saturated carbocycles. The van der Waals surface area contributed by atoms with Gasteiger partial charge in [0.15, 0.2) is 0 Å². The third-order valence-corrected chi connectivity index (χ3v) is 3.88. The van der Waals surface area contributed by atoms with Crippen molar-refractivity contribution in [2.75, 3.05) is 5.75 Å². The second-order valence-electron chi connectivity index (χ2n) is 4.03. The minimum Gasteiger partial charge on any atom is -0.188 e. The van der Waals surface area contributed by atoms with Crippen LogP contribution in [0, 0.1) is 5.92 Å². The Kier molecular flexibility index (Phi) is 4.14. The van der Waals surface area contributed by atoms with E-state index in [-0.39, 0.29) is 0 Å². The van der Waals surface area contributed by atoms with E-state index < -0.39 is 0 Å². The lowest BCUT2D eigenvalue weighted by atomic mass is 10.2. The molecular formula is C12H16N4S. The van der Waals surface area contributed by atoms with Crippen LogP contribution in [0.2, 0.25) is 0 Å². The molecule has 0 saturated heterocycles. The normalized spacial score (nSPS) is 12.6. The number of nitrogens with zero attached hydrogens (tertiary/aromatic N) is 4. The lowest BCUT2D eigenvalue weighted by Gasteiger charge is -2.07. The van der Waals surface area contributed by atoms with E-state index >= 15 is 0 Å². The Balaban J connectivity index is 2.12. The standard InChI is InChI=1S/C12H16N4S/c1-3-10(2)9-17-12-13-14-15-16(12)11-7-5-4-6-8-11/h4-8,10H,3,9H2,1-2H3/t10-/m0/s1. The van der Waals surface area contributed by atoms with Crippen molar-refractivity contribution < 1.29 is 0 Å². The van der Waals surface area contributed by atoms with E-state index in [4.69, 9.17) is 0 Å². The number of thioether (sulfide) groups is 1. The van der Waals surface area contributed by atoms with Gasteiger partial charge in [-0.05, 0) is 28.5 Å². The Bertz CT molecular complexity index is 455. The Morgan fingerprint density at radius 3 is 2.76 bits per heavy atom. The van der Waals surface area contributed by atoms with Gasteiger partial charge >= 0.3 is 0 Å². The average molecular weight is 248 g/mol. The van der Waals surface area contributed by atoms with Crippen molar-refractivity contribution >= 4 is 11.8 Å². The number of rotatable bonds is 5. The number of hydrogen-bond donors (Lipinski definition) is 0. The Morgan fingerprint density at radius 1 is 1.29 bits per heavy atom. The first-order valence-corrected chi connectivity index (χ1v) is 6.76. The lowest BCUT2D eigenvalue weighted by Crippen LogP contribution is -2.01. The monoisotopic (exact) mass is 248 g/mol. The Morgan fingerprint density at radius 2 is 2.06 bits per heavy atom. The Hall–Kier alpha value is -1.36. The third kappa shape index (κ3) is 3.06. The van der Waals surface area contributed by atoms with Gasteiger partial charge in [0.1, 0.15) is 0 Å². The zero-order chi connectivity index (χ0) is 12.1. The molecule has 0 aliphatic heterocycles. The molecule has 1 aromatic carbocycles. The molecule has 5 heteroatoms. The van der Waals surface area contributed by atoms with Crippen LogP contribution in [0.4, 0.5) is 0 Å². The molecule has 0 aliphatic rings. The highest BCUT2D eigenvalue weighted by Gasteiger charge is 2.09. The van der Waals surface area contributed by atoms with Gasteiger partial charge in [0.05, 0.1) is 5.69 Å². The zero-order valence-corrected chi connectivity index (χ0v) is 10.9. The van der Waals surface area contributed by atoms with E-state index in [2.05, 4.69) is 29.4 Å². The molecule has 0 N–H and O–H groups in total. The van der Waals surface area contributed by atoms with Crippen LogP contribution >= 0.6 is 11.8 Å². The van der Waals surface area contributed by atoms with E-state index in [0.717, 1.165) is 16.6 Å². The summed E-state index contributed by atoms with van der Waals surface area (Å²) in [6.07, 6.45) is 1.18. The van der Waals surface area contributed by atoms with E-state index in [0.29, 0.717) is 5.92 Å². The van der Waals surface area contributed by atoms with Gasteiger partial charge < -0.3 is 0 Å². The molecule has 17 heavy (non-hydrogen) atoms. The van der Waals surface area contributed by atoms with Gasteiger partial charge in [0, 0.05) is 5.75 Å². The van der Waals surface area contributed by atoms with Gasteiger partial charge in [-0.25, -0.2) is 0 Å². The van der Waals surface area contributed by atoms with Gasteiger partial charge in [0.2, 0.25) is 5.16 Å². The minimum absolute atomic E-state index is 0.681. The van der Waals surface area contributed by atoms with Crippen molar-refractivity contribution in [3.8, 4) is 5.69 Å². The number of hydrogen-bond acceptors (Lipinski definition) is 4. The van der Waals surface area contributed by atoms with Gasteiger partial charge in [-0.15, -0.1) is 5.10 Å². The smallest absolute Gasteiger partial charge is 0.188 e. The summed E-state index contributed by atoms with van der Waals surface area (Å²) in [6, 6.07) is 9.97. The molecule has 1 aromatic heterocycles. The van der Waals surface area contributed by atoms with E-state index in [1.54, 1.807) is 16.4 Å². The molecule has 1 atom stereocenters. The summed E-state index contributed by atoms with van der Waals surface area (Å²) in [5.41, 5.74) is 1.00. The largest absolute Gasteiger partial charge is 0.214 e. The summed E-state index contributed by atoms with van der Waals surface area (Å²) >= 11 is 1.71. The molecule has 0 amide bonds. The quantitative estimate of drug-likeness (QED) is 0.763. The first-order chi connectivity index (χ1) is 8.31. The zero-order valence-electron chi connectivity index (χ0n) is 10.1. The fourth-order valence-corrected chi connectivity index (χ4v) is 2.36. The van der Waals surface area contributed by atoms with Crippen LogP contribution in [0.1, 0.15) is 20.3 Å². The molecule has 0 aliphatic carbocycles. The second-order valence-corrected chi connectivity index (χ2v) is 5.02. The summed E-state index contributed by atoms with van der Waals surface area (Å²) in [5.74, 6) is 1.73. The first kappa shape index (κ1) is 12.1. The van der Waals surface area contributed by atoms with Crippen molar-refractivity contribution in [2.24, 2.45) is 5.92 Å².